The van der Waals surface area contributed by atoms with Crippen molar-refractivity contribution in [2.24, 2.45) is 0 Å². The fourth-order valence-corrected chi connectivity index (χ4v) is 2.75. The molecule has 0 saturated heterocycles. The molecule has 1 atom stereocenters. The molecule has 0 aliphatic carbocycles. The first-order valence-electron chi connectivity index (χ1n) is 6.69. The summed E-state index contributed by atoms with van der Waals surface area (Å²) >= 11 is 20.6. The fourth-order valence-electron chi connectivity index (χ4n) is 1.91. The van der Waals surface area contributed by atoms with Gasteiger partial charge in [0.25, 0.3) is 0 Å². The zero-order valence-electron chi connectivity index (χ0n) is 11.9. The van der Waals surface area contributed by atoms with Crippen molar-refractivity contribution < 1.29 is 0 Å². The van der Waals surface area contributed by atoms with Crippen LogP contribution in [-0.4, -0.2) is 5.11 Å². The Bertz CT molecular complexity index is 662. The summed E-state index contributed by atoms with van der Waals surface area (Å²) < 4.78 is 1.06. The van der Waals surface area contributed by atoms with E-state index in [2.05, 4.69) is 45.6 Å². The summed E-state index contributed by atoms with van der Waals surface area (Å²) in [5, 5.41) is 8.12. The fraction of sp³-hybridized carbons (Fsp3) is 0.188. The topological polar surface area (TPSA) is 24.1 Å². The van der Waals surface area contributed by atoms with E-state index < -0.39 is 0 Å². The van der Waals surface area contributed by atoms with Crippen LogP contribution in [-0.2, 0) is 6.54 Å². The van der Waals surface area contributed by atoms with Crippen molar-refractivity contribution in [3.8, 4) is 0 Å². The molecule has 0 aromatic heterocycles. The zero-order chi connectivity index (χ0) is 16.1. The molecular formula is C16H15BrCl2N2S. The first-order chi connectivity index (χ1) is 10.5. The third kappa shape index (κ3) is 5.13. The van der Waals surface area contributed by atoms with Crippen LogP contribution in [0.25, 0.3) is 0 Å². The maximum atomic E-state index is 5.99. The Labute approximate surface area is 154 Å². The maximum absolute atomic E-state index is 5.99. The van der Waals surface area contributed by atoms with Gasteiger partial charge in [0.15, 0.2) is 5.11 Å². The first kappa shape index (κ1) is 17.5. The van der Waals surface area contributed by atoms with Crippen LogP contribution < -0.4 is 10.6 Å². The van der Waals surface area contributed by atoms with Crippen molar-refractivity contribution in [1.82, 2.24) is 10.6 Å². The number of benzene rings is 2. The van der Waals surface area contributed by atoms with E-state index in [1.807, 2.05) is 24.3 Å². The predicted molar refractivity (Wildman–Crippen MR) is 102 cm³/mol. The van der Waals surface area contributed by atoms with Crippen LogP contribution in [0.3, 0.4) is 0 Å². The largest absolute Gasteiger partial charge is 0.359 e. The van der Waals surface area contributed by atoms with Gasteiger partial charge in [-0.3, -0.25) is 0 Å². The maximum Gasteiger partial charge on any atom is 0.167 e. The predicted octanol–water partition coefficient (Wildman–Crippen LogP) is 5.48. The lowest BCUT2D eigenvalue weighted by molar-refractivity contribution is 0.697. The normalized spacial score (nSPS) is 11.8. The van der Waals surface area contributed by atoms with Crippen molar-refractivity contribution >= 4 is 56.5 Å². The Morgan fingerprint density at radius 2 is 1.82 bits per heavy atom. The summed E-state index contributed by atoms with van der Waals surface area (Å²) in [6.45, 7) is 2.66. The Hall–Kier alpha value is -0.810. The highest BCUT2D eigenvalue weighted by Crippen LogP contribution is 2.22. The number of thiocarbonyl (C=S) groups is 1. The van der Waals surface area contributed by atoms with Crippen LogP contribution >= 0.6 is 51.3 Å². The molecule has 0 aliphatic rings. The Morgan fingerprint density at radius 1 is 1.14 bits per heavy atom. The second kappa shape index (κ2) is 8.16. The molecule has 0 spiro atoms. The third-order valence-corrected chi connectivity index (χ3v) is 4.68. The Balaban J connectivity index is 1.87. The molecule has 0 fully saturated rings. The summed E-state index contributed by atoms with van der Waals surface area (Å²) in [7, 11) is 0. The van der Waals surface area contributed by atoms with Gasteiger partial charge in [0.05, 0.1) is 16.1 Å². The summed E-state index contributed by atoms with van der Waals surface area (Å²) in [6, 6.07) is 13.8. The van der Waals surface area contributed by atoms with Crippen LogP contribution in [0.4, 0.5) is 0 Å². The second-order valence-corrected chi connectivity index (χ2v) is 6.99. The highest BCUT2D eigenvalue weighted by atomic mass is 79.9. The lowest BCUT2D eigenvalue weighted by atomic mass is 10.1. The van der Waals surface area contributed by atoms with Gasteiger partial charge in [0.2, 0.25) is 0 Å². The van der Waals surface area contributed by atoms with Gasteiger partial charge in [-0.2, -0.15) is 0 Å². The quantitative estimate of drug-likeness (QED) is 0.644. The van der Waals surface area contributed by atoms with E-state index in [1.165, 1.54) is 5.56 Å². The minimum absolute atomic E-state index is 0.127. The minimum atomic E-state index is 0.127. The Morgan fingerprint density at radius 3 is 2.45 bits per heavy atom. The van der Waals surface area contributed by atoms with Gasteiger partial charge in [-0.1, -0.05) is 57.3 Å². The summed E-state index contributed by atoms with van der Waals surface area (Å²) in [5.74, 6) is 0. The molecule has 2 rings (SSSR count). The SMILES string of the molecule is CC(NC(=S)NCc1ccc(Cl)c(Cl)c1)c1ccc(Br)cc1. The molecule has 6 heteroatoms. The number of hydrogen-bond donors (Lipinski definition) is 2. The zero-order valence-corrected chi connectivity index (χ0v) is 15.8. The van der Waals surface area contributed by atoms with Gasteiger partial charge in [-0.15, -0.1) is 0 Å². The van der Waals surface area contributed by atoms with E-state index in [0.29, 0.717) is 21.7 Å². The molecule has 0 amide bonds. The number of hydrogen-bond acceptors (Lipinski definition) is 1. The molecule has 2 N–H and O–H groups in total. The van der Waals surface area contributed by atoms with E-state index in [1.54, 1.807) is 6.07 Å². The number of nitrogens with one attached hydrogen (secondary N) is 2. The van der Waals surface area contributed by atoms with Crippen LogP contribution in [0, 0.1) is 0 Å². The molecule has 2 nitrogen and oxygen atoms in total. The van der Waals surface area contributed by atoms with E-state index in [-0.39, 0.29) is 6.04 Å². The highest BCUT2D eigenvalue weighted by molar-refractivity contribution is 9.10. The molecule has 116 valence electrons. The molecule has 2 aromatic rings. The minimum Gasteiger partial charge on any atom is -0.359 e. The van der Waals surface area contributed by atoms with Crippen molar-refractivity contribution in [1.29, 1.82) is 0 Å². The molecule has 0 saturated carbocycles. The molecular weight excluding hydrogens is 403 g/mol. The van der Waals surface area contributed by atoms with Crippen LogP contribution in [0.5, 0.6) is 0 Å². The number of halogens is 3. The lowest BCUT2D eigenvalue weighted by Gasteiger charge is -2.17. The van der Waals surface area contributed by atoms with Gasteiger partial charge in [-0.05, 0) is 54.5 Å². The van der Waals surface area contributed by atoms with E-state index in [9.17, 15) is 0 Å². The first-order valence-corrected chi connectivity index (χ1v) is 8.65. The van der Waals surface area contributed by atoms with Crippen molar-refractivity contribution in [2.75, 3.05) is 0 Å². The molecule has 0 bridgehead atoms. The van der Waals surface area contributed by atoms with Crippen molar-refractivity contribution in [3.63, 3.8) is 0 Å². The van der Waals surface area contributed by atoms with Gasteiger partial charge in [-0.25, -0.2) is 0 Å². The monoisotopic (exact) mass is 416 g/mol. The Kier molecular flexibility index (Phi) is 6.50. The van der Waals surface area contributed by atoms with Gasteiger partial charge >= 0.3 is 0 Å². The van der Waals surface area contributed by atoms with Gasteiger partial charge in [0.1, 0.15) is 0 Å². The summed E-state index contributed by atoms with van der Waals surface area (Å²) in [4.78, 5) is 0. The standard InChI is InChI=1S/C16H15BrCl2N2S/c1-10(12-3-5-13(17)6-4-12)21-16(22)20-9-11-2-7-14(18)15(19)8-11/h2-8,10H,9H2,1H3,(H2,20,21,22). The van der Waals surface area contributed by atoms with E-state index in [0.717, 1.165) is 10.0 Å². The summed E-state index contributed by atoms with van der Waals surface area (Å²) in [6.07, 6.45) is 0. The smallest absolute Gasteiger partial charge is 0.167 e. The molecule has 22 heavy (non-hydrogen) atoms. The third-order valence-electron chi connectivity index (χ3n) is 3.15. The van der Waals surface area contributed by atoms with Gasteiger partial charge < -0.3 is 10.6 Å². The van der Waals surface area contributed by atoms with Crippen molar-refractivity contribution in [2.45, 2.75) is 19.5 Å². The van der Waals surface area contributed by atoms with Gasteiger partial charge in [0, 0.05) is 11.0 Å². The number of rotatable bonds is 4. The molecule has 1 unspecified atom stereocenters. The van der Waals surface area contributed by atoms with Crippen LogP contribution in [0.2, 0.25) is 10.0 Å². The molecule has 0 heterocycles. The lowest BCUT2D eigenvalue weighted by Crippen LogP contribution is -2.36. The highest BCUT2D eigenvalue weighted by Gasteiger charge is 2.07. The molecule has 0 aliphatic heterocycles. The summed E-state index contributed by atoms with van der Waals surface area (Å²) in [5.41, 5.74) is 2.19. The molecule has 0 radical (unpaired) electrons. The average molecular weight is 418 g/mol. The van der Waals surface area contributed by atoms with Crippen LogP contribution in [0.1, 0.15) is 24.1 Å². The average Bonchev–Trinajstić information content (AvgIpc) is 2.49. The second-order valence-electron chi connectivity index (χ2n) is 4.85. The molecule has 2 aromatic carbocycles. The van der Waals surface area contributed by atoms with E-state index >= 15 is 0 Å². The van der Waals surface area contributed by atoms with E-state index in [4.69, 9.17) is 35.4 Å². The van der Waals surface area contributed by atoms with Crippen molar-refractivity contribution in [3.05, 3.63) is 68.1 Å². The van der Waals surface area contributed by atoms with Crippen LogP contribution in [0.15, 0.2) is 46.9 Å².